The smallest absolute Gasteiger partial charge is 0.329 e. The van der Waals surface area contributed by atoms with Crippen molar-refractivity contribution in [2.75, 3.05) is 0 Å². The molecule has 2 rings (SSSR count). The lowest BCUT2D eigenvalue weighted by molar-refractivity contribution is -0.159. The Balaban J connectivity index is 2.35. The van der Waals surface area contributed by atoms with Crippen LogP contribution in [0.2, 0.25) is 0 Å². The van der Waals surface area contributed by atoms with Crippen molar-refractivity contribution in [1.82, 2.24) is 10.1 Å². The third kappa shape index (κ3) is 2.78. The van der Waals surface area contributed by atoms with Crippen molar-refractivity contribution in [1.29, 1.82) is 0 Å². The zero-order valence-electron chi connectivity index (χ0n) is 9.24. The molecular weight excluding hydrogens is 268 g/mol. The average Bonchev–Trinajstić information content (AvgIpc) is 2.81. The van der Waals surface area contributed by atoms with Crippen molar-refractivity contribution in [2.24, 2.45) is 0 Å². The van der Waals surface area contributed by atoms with Crippen LogP contribution in [0.5, 0.6) is 0 Å². The first-order chi connectivity index (χ1) is 8.91. The van der Waals surface area contributed by atoms with E-state index in [0.717, 1.165) is 6.07 Å². The molecule has 0 N–H and O–H groups in total. The third-order valence-corrected chi connectivity index (χ3v) is 2.28. The predicted octanol–water partition coefficient (Wildman–Crippen LogP) is 2.64. The number of nitrogens with zero attached hydrogens (tertiary/aromatic N) is 2. The van der Waals surface area contributed by atoms with Crippen molar-refractivity contribution in [3.05, 3.63) is 35.5 Å². The molecule has 8 heteroatoms. The van der Waals surface area contributed by atoms with Crippen molar-refractivity contribution >= 4 is 6.29 Å². The number of carbonyl (C=O) groups is 1. The van der Waals surface area contributed by atoms with Crippen LogP contribution >= 0.6 is 0 Å². The fourth-order valence-electron chi connectivity index (χ4n) is 1.40. The Hall–Kier alpha value is -2.25. The van der Waals surface area contributed by atoms with Crippen LogP contribution in [0.25, 0.3) is 11.4 Å². The highest BCUT2D eigenvalue weighted by atomic mass is 19.4. The molecule has 1 aromatic heterocycles. The van der Waals surface area contributed by atoms with Crippen LogP contribution in [-0.4, -0.2) is 16.4 Å². The highest BCUT2D eigenvalue weighted by Gasteiger charge is 2.38. The van der Waals surface area contributed by atoms with E-state index in [4.69, 9.17) is 0 Å². The van der Waals surface area contributed by atoms with Gasteiger partial charge >= 0.3 is 12.1 Å². The summed E-state index contributed by atoms with van der Waals surface area (Å²) in [5.74, 6) is -2.59. The fourth-order valence-corrected chi connectivity index (χ4v) is 1.40. The molecule has 100 valence electrons. The van der Waals surface area contributed by atoms with Crippen LogP contribution < -0.4 is 0 Å². The molecule has 0 fully saturated rings. The van der Waals surface area contributed by atoms with E-state index in [2.05, 4.69) is 14.7 Å². The van der Waals surface area contributed by atoms with Gasteiger partial charge in [-0.3, -0.25) is 0 Å². The Bertz CT molecular complexity index is 607. The van der Waals surface area contributed by atoms with E-state index in [9.17, 15) is 22.4 Å². The van der Waals surface area contributed by atoms with E-state index in [1.165, 1.54) is 12.1 Å². The maximum atomic E-state index is 13.5. The second-order valence-corrected chi connectivity index (χ2v) is 3.60. The van der Waals surface area contributed by atoms with Gasteiger partial charge in [0.1, 0.15) is 12.1 Å². The highest BCUT2D eigenvalue weighted by Crippen LogP contribution is 2.29. The van der Waals surface area contributed by atoms with E-state index < -0.39 is 17.9 Å². The first-order valence-electron chi connectivity index (χ1n) is 5.05. The zero-order valence-corrected chi connectivity index (χ0v) is 9.24. The molecule has 1 aromatic carbocycles. The number of hydrogen-bond acceptors (Lipinski definition) is 4. The topological polar surface area (TPSA) is 56.0 Å². The minimum Gasteiger partial charge on any atom is -0.329 e. The van der Waals surface area contributed by atoms with Crippen LogP contribution in [0.15, 0.2) is 22.7 Å². The standard InChI is InChI=1S/C11H6F4N2O2/c12-8-5-7(2-1-6(8)3-4-18)9-16-10(19-17-9)11(13,14)15/h1-2,4-5H,3H2. The Labute approximate surface area is 104 Å². The van der Waals surface area contributed by atoms with Gasteiger partial charge in [-0.25, -0.2) is 4.39 Å². The van der Waals surface area contributed by atoms with Gasteiger partial charge < -0.3 is 9.32 Å². The highest BCUT2D eigenvalue weighted by molar-refractivity contribution is 5.59. The molecule has 0 saturated heterocycles. The molecule has 0 unspecified atom stereocenters. The van der Waals surface area contributed by atoms with Crippen molar-refractivity contribution in [2.45, 2.75) is 12.6 Å². The summed E-state index contributed by atoms with van der Waals surface area (Å²) < 4.78 is 54.3. The summed E-state index contributed by atoms with van der Waals surface area (Å²) in [4.78, 5) is 13.4. The van der Waals surface area contributed by atoms with Gasteiger partial charge in [0.05, 0.1) is 0 Å². The molecule has 2 aromatic rings. The zero-order chi connectivity index (χ0) is 14.0. The molecule has 0 radical (unpaired) electrons. The summed E-state index contributed by atoms with van der Waals surface area (Å²) in [6.07, 6.45) is -4.35. The lowest BCUT2D eigenvalue weighted by Gasteiger charge is -2.00. The van der Waals surface area contributed by atoms with Crippen molar-refractivity contribution in [3.63, 3.8) is 0 Å². The number of carbonyl (C=O) groups excluding carboxylic acids is 1. The van der Waals surface area contributed by atoms with E-state index >= 15 is 0 Å². The van der Waals surface area contributed by atoms with Crippen LogP contribution in [0.1, 0.15) is 11.5 Å². The second kappa shape index (κ2) is 4.79. The number of hydrogen-bond donors (Lipinski definition) is 0. The lowest BCUT2D eigenvalue weighted by atomic mass is 10.1. The quantitative estimate of drug-likeness (QED) is 0.637. The number of halogens is 4. The predicted molar refractivity (Wildman–Crippen MR) is 54.5 cm³/mol. The summed E-state index contributed by atoms with van der Waals surface area (Å²) in [5, 5.41) is 3.13. The number of rotatable bonds is 3. The van der Waals surface area contributed by atoms with Crippen molar-refractivity contribution in [3.8, 4) is 11.4 Å². The summed E-state index contributed by atoms with van der Waals surface area (Å²) >= 11 is 0. The van der Waals surface area contributed by atoms with Crippen LogP contribution in [0.4, 0.5) is 17.6 Å². The molecule has 0 aliphatic heterocycles. The maximum absolute atomic E-state index is 13.5. The van der Waals surface area contributed by atoms with Gasteiger partial charge in [0.2, 0.25) is 5.82 Å². The van der Waals surface area contributed by atoms with Gasteiger partial charge in [-0.1, -0.05) is 17.3 Å². The summed E-state index contributed by atoms with van der Waals surface area (Å²) in [6, 6.07) is 3.54. The van der Waals surface area contributed by atoms with Gasteiger partial charge in [-0.2, -0.15) is 18.2 Å². The van der Waals surface area contributed by atoms with Gasteiger partial charge in [-0.05, 0) is 11.6 Å². The molecular formula is C11H6F4N2O2. The SMILES string of the molecule is O=CCc1ccc(-c2noc(C(F)(F)F)n2)cc1F. The van der Waals surface area contributed by atoms with E-state index in [1.807, 2.05) is 0 Å². The Morgan fingerprint density at radius 3 is 2.58 bits per heavy atom. The number of alkyl halides is 3. The van der Waals surface area contributed by atoms with Gasteiger partial charge in [0, 0.05) is 12.0 Å². The fraction of sp³-hybridized carbons (Fsp3) is 0.182. The largest absolute Gasteiger partial charge is 0.471 e. The molecule has 0 amide bonds. The number of aromatic nitrogens is 2. The Morgan fingerprint density at radius 2 is 2.05 bits per heavy atom. The first kappa shape index (κ1) is 13.2. The molecule has 0 atom stereocenters. The average molecular weight is 274 g/mol. The Morgan fingerprint density at radius 1 is 1.32 bits per heavy atom. The van der Waals surface area contributed by atoms with Gasteiger partial charge in [-0.15, -0.1) is 0 Å². The van der Waals surface area contributed by atoms with E-state index in [0.29, 0.717) is 6.29 Å². The molecule has 0 bridgehead atoms. The molecule has 0 saturated carbocycles. The normalized spacial score (nSPS) is 11.6. The van der Waals surface area contributed by atoms with Crippen molar-refractivity contribution < 1.29 is 26.9 Å². The molecule has 0 aliphatic rings. The Kier molecular flexibility index (Phi) is 3.32. The number of benzene rings is 1. The molecule has 19 heavy (non-hydrogen) atoms. The lowest BCUT2D eigenvalue weighted by Crippen LogP contribution is -2.04. The van der Waals surface area contributed by atoms with Crippen LogP contribution in [0, 0.1) is 5.82 Å². The van der Waals surface area contributed by atoms with Crippen LogP contribution in [0.3, 0.4) is 0 Å². The maximum Gasteiger partial charge on any atom is 0.471 e. The summed E-state index contributed by atoms with van der Waals surface area (Å²) in [7, 11) is 0. The van der Waals surface area contributed by atoms with E-state index in [1.54, 1.807) is 0 Å². The molecule has 1 heterocycles. The monoisotopic (exact) mass is 274 g/mol. The molecule has 0 aliphatic carbocycles. The van der Waals surface area contributed by atoms with E-state index in [-0.39, 0.29) is 23.4 Å². The summed E-state index contributed by atoms with van der Waals surface area (Å²) in [5.41, 5.74) is 0.171. The third-order valence-electron chi connectivity index (χ3n) is 2.28. The molecule has 4 nitrogen and oxygen atoms in total. The second-order valence-electron chi connectivity index (χ2n) is 3.60. The minimum absolute atomic E-state index is 0.0337. The minimum atomic E-state index is -4.75. The van der Waals surface area contributed by atoms with Crippen LogP contribution in [-0.2, 0) is 17.4 Å². The van der Waals surface area contributed by atoms with Gasteiger partial charge in [0.25, 0.3) is 0 Å². The van der Waals surface area contributed by atoms with Gasteiger partial charge in [0.15, 0.2) is 0 Å². The first-order valence-corrected chi connectivity index (χ1v) is 5.05. The summed E-state index contributed by atoms with van der Waals surface area (Å²) in [6.45, 7) is 0. The molecule has 0 spiro atoms. The number of aldehydes is 1.